The van der Waals surface area contributed by atoms with E-state index < -0.39 is 0 Å². The van der Waals surface area contributed by atoms with Crippen molar-refractivity contribution in [3.8, 4) is 0 Å². The van der Waals surface area contributed by atoms with Gasteiger partial charge in [0.15, 0.2) is 0 Å². The minimum Gasteiger partial charge on any atom is -0.311 e. The molecule has 0 saturated carbocycles. The molecule has 0 heterocycles. The lowest BCUT2D eigenvalue weighted by Crippen LogP contribution is -2.28. The van der Waals surface area contributed by atoms with E-state index in [9.17, 15) is 0 Å². The summed E-state index contributed by atoms with van der Waals surface area (Å²) < 4.78 is 0. The Morgan fingerprint density at radius 2 is 1.75 bits per heavy atom. The van der Waals surface area contributed by atoms with E-state index in [0.717, 1.165) is 26.2 Å². The average Bonchev–Trinajstić information content (AvgIpc) is 2.22. The summed E-state index contributed by atoms with van der Waals surface area (Å²) in [7, 11) is 2.15. The van der Waals surface area contributed by atoms with E-state index in [0.29, 0.717) is 0 Å². The number of likely N-dealkylation sites (N-methyl/N-ethyl adjacent to an activating group) is 1. The van der Waals surface area contributed by atoms with E-state index in [4.69, 9.17) is 0 Å². The van der Waals surface area contributed by atoms with Crippen LogP contribution in [0.4, 0.5) is 0 Å². The number of aryl methyl sites for hydroxylation is 2. The smallest absolute Gasteiger partial charge is 0.0206 e. The molecule has 16 heavy (non-hydrogen) atoms. The third-order valence-corrected chi connectivity index (χ3v) is 2.82. The van der Waals surface area contributed by atoms with Crippen LogP contribution in [0, 0.1) is 13.8 Å². The van der Waals surface area contributed by atoms with Crippen LogP contribution in [-0.2, 0) is 6.54 Å². The summed E-state index contributed by atoms with van der Waals surface area (Å²) in [6.45, 7) is 10.7. The molecule has 0 aromatic heterocycles. The Bertz CT molecular complexity index is 300. The molecule has 0 fully saturated rings. The van der Waals surface area contributed by atoms with Gasteiger partial charge in [-0.1, -0.05) is 36.2 Å². The summed E-state index contributed by atoms with van der Waals surface area (Å²) >= 11 is 0. The molecular weight excluding hydrogens is 196 g/mol. The van der Waals surface area contributed by atoms with Crippen LogP contribution in [0.25, 0.3) is 0 Å². The maximum absolute atomic E-state index is 3.48. The molecule has 1 N–H and O–H groups in total. The summed E-state index contributed by atoms with van der Waals surface area (Å²) in [6, 6.07) is 6.72. The summed E-state index contributed by atoms with van der Waals surface area (Å²) in [5.74, 6) is 0. The number of hydrogen-bond donors (Lipinski definition) is 1. The third kappa shape index (κ3) is 4.77. The fourth-order valence-electron chi connectivity index (χ4n) is 1.83. The van der Waals surface area contributed by atoms with Crippen LogP contribution in [0.15, 0.2) is 18.2 Å². The van der Waals surface area contributed by atoms with Gasteiger partial charge in [0.25, 0.3) is 0 Å². The number of benzene rings is 1. The summed E-state index contributed by atoms with van der Waals surface area (Å²) in [5.41, 5.74) is 4.08. The molecule has 0 aliphatic heterocycles. The predicted molar refractivity (Wildman–Crippen MR) is 70.8 cm³/mol. The fourth-order valence-corrected chi connectivity index (χ4v) is 1.83. The summed E-state index contributed by atoms with van der Waals surface area (Å²) in [6.07, 6.45) is 0. The first-order chi connectivity index (χ1) is 7.61. The van der Waals surface area contributed by atoms with Gasteiger partial charge >= 0.3 is 0 Å². The van der Waals surface area contributed by atoms with Crippen LogP contribution in [-0.4, -0.2) is 31.6 Å². The molecule has 1 aromatic rings. The van der Waals surface area contributed by atoms with Gasteiger partial charge in [-0.3, -0.25) is 0 Å². The van der Waals surface area contributed by atoms with Crippen molar-refractivity contribution >= 4 is 0 Å². The second-order valence-electron chi connectivity index (χ2n) is 4.57. The van der Waals surface area contributed by atoms with Crippen LogP contribution in [0.1, 0.15) is 23.6 Å². The highest BCUT2D eigenvalue weighted by atomic mass is 15.1. The Morgan fingerprint density at radius 3 is 2.31 bits per heavy atom. The zero-order chi connectivity index (χ0) is 12.0. The van der Waals surface area contributed by atoms with Gasteiger partial charge in [0, 0.05) is 19.6 Å². The summed E-state index contributed by atoms with van der Waals surface area (Å²) in [5, 5.41) is 3.48. The lowest BCUT2D eigenvalue weighted by Gasteiger charge is -2.14. The Hall–Kier alpha value is -0.860. The van der Waals surface area contributed by atoms with Gasteiger partial charge in [0.05, 0.1) is 0 Å². The molecule has 2 nitrogen and oxygen atoms in total. The van der Waals surface area contributed by atoms with Gasteiger partial charge < -0.3 is 10.2 Å². The number of nitrogens with one attached hydrogen (secondary N) is 1. The second-order valence-corrected chi connectivity index (χ2v) is 4.57. The van der Waals surface area contributed by atoms with Crippen LogP contribution < -0.4 is 5.32 Å². The molecule has 0 atom stereocenters. The van der Waals surface area contributed by atoms with Gasteiger partial charge in [-0.05, 0) is 33.0 Å². The number of nitrogens with zero attached hydrogens (tertiary/aromatic N) is 1. The minimum atomic E-state index is 0.972. The highest BCUT2D eigenvalue weighted by molar-refractivity contribution is 5.28. The second kappa shape index (κ2) is 6.66. The van der Waals surface area contributed by atoms with E-state index >= 15 is 0 Å². The zero-order valence-corrected chi connectivity index (χ0v) is 11.0. The van der Waals surface area contributed by atoms with Crippen molar-refractivity contribution in [3.05, 3.63) is 34.9 Å². The van der Waals surface area contributed by atoms with Crippen molar-refractivity contribution in [2.75, 3.05) is 26.7 Å². The first-order valence-corrected chi connectivity index (χ1v) is 6.08. The Labute approximate surface area is 99.7 Å². The molecule has 0 aliphatic rings. The van der Waals surface area contributed by atoms with Gasteiger partial charge in [-0.15, -0.1) is 0 Å². The van der Waals surface area contributed by atoms with Gasteiger partial charge in [0.2, 0.25) is 0 Å². The van der Waals surface area contributed by atoms with Gasteiger partial charge in [-0.25, -0.2) is 0 Å². The Balaban J connectivity index is 2.32. The molecule has 0 amide bonds. The van der Waals surface area contributed by atoms with Crippen LogP contribution in [0.2, 0.25) is 0 Å². The largest absolute Gasteiger partial charge is 0.311 e. The number of hydrogen-bond acceptors (Lipinski definition) is 2. The normalized spacial score (nSPS) is 11.1. The van der Waals surface area contributed by atoms with Crippen LogP contribution in [0.3, 0.4) is 0 Å². The zero-order valence-electron chi connectivity index (χ0n) is 11.0. The maximum atomic E-state index is 3.48. The number of rotatable bonds is 6. The molecule has 0 aliphatic carbocycles. The quantitative estimate of drug-likeness (QED) is 0.740. The molecule has 1 aromatic carbocycles. The average molecular weight is 220 g/mol. The third-order valence-electron chi connectivity index (χ3n) is 2.82. The van der Waals surface area contributed by atoms with Crippen molar-refractivity contribution in [1.29, 1.82) is 0 Å². The van der Waals surface area contributed by atoms with Crippen LogP contribution >= 0.6 is 0 Å². The topological polar surface area (TPSA) is 15.3 Å². The lowest BCUT2D eigenvalue weighted by molar-refractivity contribution is 0.349. The van der Waals surface area contributed by atoms with Gasteiger partial charge in [-0.2, -0.15) is 0 Å². The van der Waals surface area contributed by atoms with E-state index in [1.807, 2.05) is 0 Å². The van der Waals surface area contributed by atoms with Crippen molar-refractivity contribution in [2.24, 2.45) is 0 Å². The van der Waals surface area contributed by atoms with E-state index in [1.165, 1.54) is 16.7 Å². The summed E-state index contributed by atoms with van der Waals surface area (Å²) in [4.78, 5) is 2.31. The molecule has 1 rings (SSSR count). The first kappa shape index (κ1) is 13.2. The molecular formula is C14H24N2. The minimum absolute atomic E-state index is 0.972. The van der Waals surface area contributed by atoms with E-state index in [-0.39, 0.29) is 0 Å². The van der Waals surface area contributed by atoms with Gasteiger partial charge in [0.1, 0.15) is 0 Å². The Kier molecular flexibility index (Phi) is 5.50. The predicted octanol–water partition coefficient (Wildman–Crippen LogP) is 2.34. The highest BCUT2D eigenvalue weighted by Gasteiger charge is 1.97. The first-order valence-electron chi connectivity index (χ1n) is 6.08. The molecule has 0 saturated heterocycles. The van der Waals surface area contributed by atoms with Crippen molar-refractivity contribution < 1.29 is 0 Å². The van der Waals surface area contributed by atoms with E-state index in [1.54, 1.807) is 0 Å². The molecule has 0 unspecified atom stereocenters. The molecule has 0 spiro atoms. The molecule has 0 bridgehead atoms. The maximum Gasteiger partial charge on any atom is 0.0206 e. The molecule has 0 radical (unpaired) electrons. The van der Waals surface area contributed by atoms with Crippen molar-refractivity contribution in [2.45, 2.75) is 27.3 Å². The molecule has 90 valence electrons. The molecule has 2 heteroatoms. The lowest BCUT2D eigenvalue weighted by atomic mass is 10.1. The van der Waals surface area contributed by atoms with Crippen molar-refractivity contribution in [3.63, 3.8) is 0 Å². The highest BCUT2D eigenvalue weighted by Crippen LogP contribution is 2.08. The van der Waals surface area contributed by atoms with Crippen LogP contribution in [0.5, 0.6) is 0 Å². The fraction of sp³-hybridized carbons (Fsp3) is 0.571. The Morgan fingerprint density at radius 1 is 1.12 bits per heavy atom. The standard InChI is InChI=1S/C14H24N2/c1-5-16(4)7-6-15-11-14-9-12(2)8-13(3)10-14/h8-10,15H,5-7,11H2,1-4H3. The monoisotopic (exact) mass is 220 g/mol. The van der Waals surface area contributed by atoms with Crippen molar-refractivity contribution in [1.82, 2.24) is 10.2 Å². The SMILES string of the molecule is CCN(C)CCNCc1cc(C)cc(C)c1. The van der Waals surface area contributed by atoms with E-state index in [2.05, 4.69) is 56.2 Å².